The number of hydrogen-bond acceptors (Lipinski definition) is 7. The smallest absolute Gasteiger partial charge is 0.260 e. The van der Waals surface area contributed by atoms with E-state index in [1.807, 2.05) is 37.2 Å². The summed E-state index contributed by atoms with van der Waals surface area (Å²) in [5, 5.41) is 0.684. The monoisotopic (exact) mass is 627 g/mol. The molecule has 0 fully saturated rings. The molecule has 1 amide bonds. The Morgan fingerprint density at radius 2 is 1.76 bits per heavy atom. The van der Waals surface area contributed by atoms with E-state index in [4.69, 9.17) is 18.9 Å². The molecule has 2 heterocycles. The average Bonchev–Trinajstić information content (AvgIpc) is 3.25. The molecule has 0 saturated heterocycles. The number of amides is 1. The maximum atomic E-state index is 14.1. The number of rotatable bonds is 7. The molecular formula is C23H23BrIN3O5. The van der Waals surface area contributed by atoms with Gasteiger partial charge < -0.3 is 28.7 Å². The summed E-state index contributed by atoms with van der Waals surface area (Å²) in [5.74, 6) is 2.21. The molecule has 1 aliphatic rings. The Kier molecular flexibility index (Phi) is 7.15. The lowest BCUT2D eigenvalue weighted by Crippen LogP contribution is -2.37. The summed E-state index contributed by atoms with van der Waals surface area (Å²) in [7, 11) is 7.12. The first-order valence-electron chi connectivity index (χ1n) is 10.1. The highest BCUT2D eigenvalue weighted by molar-refractivity contribution is 14.1. The quantitative estimate of drug-likeness (QED) is 0.356. The van der Waals surface area contributed by atoms with E-state index in [0.29, 0.717) is 57.0 Å². The normalized spacial score (nSPS) is 12.3. The van der Waals surface area contributed by atoms with Gasteiger partial charge in [-0.3, -0.25) is 9.78 Å². The van der Waals surface area contributed by atoms with Crippen molar-refractivity contribution in [1.82, 2.24) is 9.88 Å². The first-order chi connectivity index (χ1) is 15.8. The molecule has 4 rings (SSSR count). The number of pyridine rings is 1. The first kappa shape index (κ1) is 23.8. The highest BCUT2D eigenvalue weighted by Gasteiger charge is 2.27. The zero-order valence-electron chi connectivity index (χ0n) is 18.6. The Labute approximate surface area is 214 Å². The minimum absolute atomic E-state index is 0.148. The summed E-state index contributed by atoms with van der Waals surface area (Å²) >= 11 is 5.76. The molecular weight excluding hydrogens is 605 g/mol. The van der Waals surface area contributed by atoms with Crippen LogP contribution in [-0.4, -0.2) is 64.0 Å². The van der Waals surface area contributed by atoms with E-state index in [1.54, 1.807) is 31.4 Å². The SMILES string of the molecule is COc1cc(I)c(N(CCN(C)C)C(=O)c2c(Br)cnc3cc4c(cc23)OCO4)cc1OC. The van der Waals surface area contributed by atoms with Crippen molar-refractivity contribution >= 4 is 61.0 Å². The fraction of sp³-hybridized carbons (Fsp3) is 0.304. The molecule has 1 aromatic heterocycles. The summed E-state index contributed by atoms with van der Waals surface area (Å²) < 4.78 is 23.4. The van der Waals surface area contributed by atoms with Crippen molar-refractivity contribution in [3.63, 3.8) is 0 Å². The molecule has 0 spiro atoms. The minimum Gasteiger partial charge on any atom is -0.493 e. The van der Waals surface area contributed by atoms with Crippen molar-refractivity contribution in [2.75, 3.05) is 53.1 Å². The predicted octanol–water partition coefficient (Wildman–Crippen LogP) is 4.56. The summed E-state index contributed by atoms with van der Waals surface area (Å²) in [5.41, 5.74) is 1.89. The number of likely N-dealkylation sites (N-methyl/N-ethyl adjacent to an activating group) is 1. The number of anilines is 1. The van der Waals surface area contributed by atoms with Gasteiger partial charge in [0.25, 0.3) is 5.91 Å². The number of benzene rings is 2. The van der Waals surface area contributed by atoms with Crippen molar-refractivity contribution < 1.29 is 23.7 Å². The lowest BCUT2D eigenvalue weighted by Gasteiger charge is -2.27. The molecule has 0 N–H and O–H groups in total. The second kappa shape index (κ2) is 9.90. The van der Waals surface area contributed by atoms with Gasteiger partial charge in [0.1, 0.15) is 0 Å². The number of carbonyl (C=O) groups excluding carboxylic acids is 1. The second-order valence-electron chi connectivity index (χ2n) is 7.62. The fourth-order valence-corrected chi connectivity index (χ4v) is 4.81. The zero-order chi connectivity index (χ0) is 23.7. The van der Waals surface area contributed by atoms with Crippen molar-refractivity contribution in [1.29, 1.82) is 0 Å². The third kappa shape index (κ3) is 4.69. The van der Waals surface area contributed by atoms with Crippen LogP contribution in [-0.2, 0) is 0 Å². The second-order valence-corrected chi connectivity index (χ2v) is 9.64. The van der Waals surface area contributed by atoms with Crippen LogP contribution in [0.15, 0.2) is 34.9 Å². The van der Waals surface area contributed by atoms with Gasteiger partial charge in [-0.25, -0.2) is 0 Å². The number of halogens is 2. The molecule has 2 aromatic carbocycles. The van der Waals surface area contributed by atoms with Crippen LogP contribution in [0.1, 0.15) is 10.4 Å². The topological polar surface area (TPSA) is 73.4 Å². The molecule has 0 radical (unpaired) electrons. The Bertz CT molecular complexity index is 1220. The van der Waals surface area contributed by atoms with E-state index in [0.717, 1.165) is 9.26 Å². The molecule has 10 heteroatoms. The van der Waals surface area contributed by atoms with Gasteiger partial charge in [0.2, 0.25) is 6.79 Å². The highest BCUT2D eigenvalue weighted by Crippen LogP contribution is 2.40. The Balaban J connectivity index is 1.87. The van der Waals surface area contributed by atoms with Gasteiger partial charge in [-0.2, -0.15) is 0 Å². The highest BCUT2D eigenvalue weighted by atomic mass is 127. The Morgan fingerprint density at radius 3 is 2.42 bits per heavy atom. The Hall–Kier alpha value is -2.31. The van der Waals surface area contributed by atoms with Gasteiger partial charge in [-0.1, -0.05) is 0 Å². The van der Waals surface area contributed by atoms with Crippen LogP contribution in [0, 0.1) is 3.57 Å². The molecule has 0 unspecified atom stereocenters. The lowest BCUT2D eigenvalue weighted by molar-refractivity contribution is 0.0986. The van der Waals surface area contributed by atoms with E-state index in [2.05, 4.69) is 43.5 Å². The molecule has 0 aliphatic carbocycles. The number of carbonyl (C=O) groups is 1. The molecule has 0 bridgehead atoms. The number of hydrogen-bond donors (Lipinski definition) is 0. The number of nitrogens with zero attached hydrogens (tertiary/aromatic N) is 3. The predicted molar refractivity (Wildman–Crippen MR) is 138 cm³/mol. The van der Waals surface area contributed by atoms with Crippen LogP contribution in [0.25, 0.3) is 10.9 Å². The lowest BCUT2D eigenvalue weighted by atomic mass is 10.1. The summed E-state index contributed by atoms with van der Waals surface area (Å²) in [6.45, 7) is 1.29. The van der Waals surface area contributed by atoms with Gasteiger partial charge in [0, 0.05) is 44.8 Å². The van der Waals surface area contributed by atoms with Crippen molar-refractivity contribution in [2.24, 2.45) is 0 Å². The number of aromatic nitrogens is 1. The molecule has 0 saturated carbocycles. The van der Waals surface area contributed by atoms with E-state index < -0.39 is 0 Å². The van der Waals surface area contributed by atoms with Gasteiger partial charge in [0.05, 0.1) is 31.0 Å². The van der Waals surface area contributed by atoms with Crippen LogP contribution >= 0.6 is 38.5 Å². The largest absolute Gasteiger partial charge is 0.493 e. The van der Waals surface area contributed by atoms with Crippen LogP contribution < -0.4 is 23.8 Å². The number of fused-ring (bicyclic) bond motifs is 2. The first-order valence-corrected chi connectivity index (χ1v) is 12.0. The van der Waals surface area contributed by atoms with Gasteiger partial charge in [-0.05, 0) is 64.7 Å². The molecule has 33 heavy (non-hydrogen) atoms. The fourth-order valence-electron chi connectivity index (χ4n) is 3.59. The zero-order valence-corrected chi connectivity index (χ0v) is 22.4. The van der Waals surface area contributed by atoms with Crippen LogP contribution in [0.4, 0.5) is 5.69 Å². The minimum atomic E-state index is -0.167. The molecule has 3 aromatic rings. The number of methoxy groups -OCH3 is 2. The Morgan fingerprint density at radius 1 is 1.09 bits per heavy atom. The van der Waals surface area contributed by atoms with Crippen LogP contribution in [0.3, 0.4) is 0 Å². The van der Waals surface area contributed by atoms with E-state index in [-0.39, 0.29) is 12.7 Å². The summed E-state index contributed by atoms with van der Waals surface area (Å²) in [4.78, 5) is 22.4. The van der Waals surface area contributed by atoms with E-state index in [1.165, 1.54) is 0 Å². The van der Waals surface area contributed by atoms with E-state index in [9.17, 15) is 4.79 Å². The molecule has 8 nitrogen and oxygen atoms in total. The molecule has 0 atom stereocenters. The molecule has 174 valence electrons. The number of ether oxygens (including phenoxy) is 4. The van der Waals surface area contributed by atoms with Gasteiger partial charge in [0.15, 0.2) is 23.0 Å². The maximum Gasteiger partial charge on any atom is 0.260 e. The molecule has 1 aliphatic heterocycles. The van der Waals surface area contributed by atoms with Crippen molar-refractivity contribution in [2.45, 2.75) is 0 Å². The summed E-state index contributed by atoms with van der Waals surface area (Å²) in [6, 6.07) is 7.31. The van der Waals surface area contributed by atoms with Crippen LogP contribution in [0.5, 0.6) is 23.0 Å². The third-order valence-electron chi connectivity index (χ3n) is 5.29. The van der Waals surface area contributed by atoms with Crippen molar-refractivity contribution in [3.8, 4) is 23.0 Å². The van der Waals surface area contributed by atoms with Gasteiger partial charge in [-0.15, -0.1) is 0 Å². The van der Waals surface area contributed by atoms with Gasteiger partial charge >= 0.3 is 0 Å². The van der Waals surface area contributed by atoms with Crippen LogP contribution in [0.2, 0.25) is 0 Å². The summed E-state index contributed by atoms with van der Waals surface area (Å²) in [6.07, 6.45) is 1.64. The van der Waals surface area contributed by atoms with Crippen molar-refractivity contribution in [3.05, 3.63) is 44.1 Å². The maximum absolute atomic E-state index is 14.1. The average molecular weight is 628 g/mol. The standard InChI is InChI=1S/C23H23BrIN3O5/c1-27(2)5-6-28(17-10-19(31-4)18(30-3)8-15(17)25)23(29)22-13-7-20-21(33-12-32-20)9-16(13)26-11-14(22)24/h7-11H,5-6,12H2,1-4H3. The van der Waals surface area contributed by atoms with E-state index >= 15 is 0 Å². The third-order valence-corrected chi connectivity index (χ3v) is 6.75.